The summed E-state index contributed by atoms with van der Waals surface area (Å²) < 4.78 is 26.9. The predicted octanol–water partition coefficient (Wildman–Crippen LogP) is 5.53. The third-order valence-corrected chi connectivity index (χ3v) is 8.69. The van der Waals surface area contributed by atoms with Gasteiger partial charge in [0.2, 0.25) is 21.8 Å². The zero-order valence-corrected chi connectivity index (χ0v) is 26.6. The van der Waals surface area contributed by atoms with Crippen LogP contribution in [0.3, 0.4) is 0 Å². The number of aryl methyl sites for hydroxylation is 1. The van der Waals surface area contributed by atoms with Gasteiger partial charge in [-0.2, -0.15) is 0 Å². The third kappa shape index (κ3) is 9.16. The molecule has 0 saturated carbocycles. The molecular formula is C30H34Cl2N4O6S. The van der Waals surface area contributed by atoms with Gasteiger partial charge >= 0.3 is 0 Å². The molecule has 0 aromatic heterocycles. The Balaban J connectivity index is 2.14. The Morgan fingerprint density at radius 3 is 2.30 bits per heavy atom. The molecule has 0 radical (unpaired) electrons. The number of carbonyl (C=O) groups is 2. The lowest BCUT2D eigenvalue weighted by molar-refractivity contribution is -0.384. The van der Waals surface area contributed by atoms with Crippen molar-refractivity contribution in [2.75, 3.05) is 17.1 Å². The second kappa shape index (κ2) is 14.7. The zero-order chi connectivity index (χ0) is 31.9. The van der Waals surface area contributed by atoms with Gasteiger partial charge in [0.15, 0.2) is 0 Å². The van der Waals surface area contributed by atoms with Crippen molar-refractivity contribution >= 4 is 56.4 Å². The van der Waals surface area contributed by atoms with Crippen LogP contribution in [0.15, 0.2) is 66.7 Å². The largest absolute Gasteiger partial charge is 0.352 e. The van der Waals surface area contributed by atoms with E-state index in [0.717, 1.165) is 22.2 Å². The molecule has 2 amide bonds. The Hall–Kier alpha value is -3.67. The fourth-order valence-electron chi connectivity index (χ4n) is 4.40. The van der Waals surface area contributed by atoms with Crippen LogP contribution < -0.4 is 9.62 Å². The molecule has 2 atom stereocenters. The second-order valence-electron chi connectivity index (χ2n) is 10.3. The van der Waals surface area contributed by atoms with Crippen LogP contribution >= 0.6 is 23.2 Å². The maximum Gasteiger partial charge on any atom is 0.271 e. The van der Waals surface area contributed by atoms with Crippen molar-refractivity contribution in [3.8, 4) is 0 Å². The molecule has 43 heavy (non-hydrogen) atoms. The number of anilines is 1. The first-order valence-corrected chi connectivity index (χ1v) is 16.1. The molecular weight excluding hydrogens is 615 g/mol. The topological polar surface area (TPSA) is 130 Å². The number of amides is 2. The molecule has 3 aromatic carbocycles. The van der Waals surface area contributed by atoms with Crippen molar-refractivity contribution in [3.63, 3.8) is 0 Å². The smallest absolute Gasteiger partial charge is 0.271 e. The van der Waals surface area contributed by atoms with E-state index in [1.807, 2.05) is 44.2 Å². The van der Waals surface area contributed by atoms with Gasteiger partial charge in [0.1, 0.15) is 12.6 Å². The van der Waals surface area contributed by atoms with Crippen molar-refractivity contribution in [2.24, 2.45) is 0 Å². The molecule has 0 saturated heterocycles. The molecule has 3 aromatic rings. The molecule has 2 unspecified atom stereocenters. The fourth-order valence-corrected chi connectivity index (χ4v) is 5.77. The Labute approximate surface area is 261 Å². The average molecular weight is 650 g/mol. The second-order valence-corrected chi connectivity index (χ2v) is 13.0. The normalized spacial score (nSPS) is 12.7. The molecule has 0 heterocycles. The van der Waals surface area contributed by atoms with E-state index >= 15 is 0 Å². The summed E-state index contributed by atoms with van der Waals surface area (Å²) in [6, 6.07) is 16.4. The number of non-ortho nitro benzene ring substituents is 1. The molecule has 0 bridgehead atoms. The molecule has 0 aliphatic rings. The third-order valence-electron chi connectivity index (χ3n) is 6.98. The Morgan fingerprint density at radius 1 is 1.05 bits per heavy atom. The van der Waals surface area contributed by atoms with Crippen LogP contribution in [0.4, 0.5) is 11.4 Å². The van der Waals surface area contributed by atoms with Gasteiger partial charge in [-0.1, -0.05) is 72.6 Å². The van der Waals surface area contributed by atoms with Gasteiger partial charge in [-0.05, 0) is 49.1 Å². The number of nitrogens with zero attached hydrogens (tertiary/aromatic N) is 3. The van der Waals surface area contributed by atoms with Gasteiger partial charge in [0, 0.05) is 41.2 Å². The number of nitro benzene ring substituents is 1. The van der Waals surface area contributed by atoms with Crippen molar-refractivity contribution in [2.45, 2.75) is 52.2 Å². The first-order chi connectivity index (χ1) is 20.2. The van der Waals surface area contributed by atoms with E-state index in [-0.39, 0.29) is 35.4 Å². The first-order valence-electron chi connectivity index (χ1n) is 13.5. The van der Waals surface area contributed by atoms with Crippen molar-refractivity contribution < 1.29 is 22.9 Å². The molecule has 0 spiro atoms. The van der Waals surface area contributed by atoms with Crippen LogP contribution in [0, 0.1) is 17.0 Å². The average Bonchev–Trinajstić information content (AvgIpc) is 2.94. The molecule has 13 heteroatoms. The molecule has 3 rings (SSSR count). The number of rotatable bonds is 13. The quantitative estimate of drug-likeness (QED) is 0.192. The maximum absolute atomic E-state index is 14.2. The van der Waals surface area contributed by atoms with Crippen LogP contribution in [0.1, 0.15) is 37.0 Å². The van der Waals surface area contributed by atoms with Crippen molar-refractivity contribution in [3.05, 3.63) is 104 Å². The van der Waals surface area contributed by atoms with Crippen molar-refractivity contribution in [1.29, 1.82) is 0 Å². The summed E-state index contributed by atoms with van der Waals surface area (Å²) in [4.78, 5) is 40.1. The molecule has 10 nitrogen and oxygen atoms in total. The Kier molecular flexibility index (Phi) is 11.5. The van der Waals surface area contributed by atoms with Crippen LogP contribution in [0.5, 0.6) is 0 Å². The highest BCUT2D eigenvalue weighted by Gasteiger charge is 2.34. The molecule has 1 N–H and O–H groups in total. The zero-order valence-electron chi connectivity index (χ0n) is 24.3. The molecule has 0 aliphatic heterocycles. The molecule has 0 aliphatic carbocycles. The Bertz CT molecular complexity index is 1590. The molecule has 230 valence electrons. The van der Waals surface area contributed by atoms with E-state index in [4.69, 9.17) is 23.2 Å². The Morgan fingerprint density at radius 2 is 1.72 bits per heavy atom. The standard InChI is InChI=1S/C30H34Cl2N4O6S/c1-5-21(3)33-30(38)28(15-22-9-7-6-8-10-22)34(18-23-12-13-24(31)16-26(23)32)29(37)19-35(43(4,41)42)27-17-25(36(39)40)14-11-20(27)2/h6-14,16-17,21,28H,5,15,18-19H2,1-4H3,(H,33,38). The van der Waals surface area contributed by atoms with Crippen LogP contribution in [0.25, 0.3) is 0 Å². The fraction of sp³-hybridized carbons (Fsp3) is 0.333. The number of carbonyl (C=O) groups excluding carboxylic acids is 2. The van der Waals surface area contributed by atoms with Crippen LogP contribution in [-0.4, -0.2) is 54.9 Å². The van der Waals surface area contributed by atoms with E-state index in [1.165, 1.54) is 23.1 Å². The number of hydrogen-bond donors (Lipinski definition) is 1. The van der Waals surface area contributed by atoms with E-state index < -0.39 is 39.3 Å². The SMILES string of the molecule is CCC(C)NC(=O)C(Cc1ccccc1)N(Cc1ccc(Cl)cc1Cl)C(=O)CN(c1cc([N+](=O)[O-])ccc1C)S(C)(=O)=O. The minimum atomic E-state index is -4.11. The summed E-state index contributed by atoms with van der Waals surface area (Å²) in [5, 5.41) is 15.1. The minimum absolute atomic E-state index is 0.0156. The summed E-state index contributed by atoms with van der Waals surface area (Å²) in [5.41, 5.74) is 1.33. The predicted molar refractivity (Wildman–Crippen MR) is 169 cm³/mol. The van der Waals surface area contributed by atoms with E-state index in [1.54, 1.807) is 19.1 Å². The highest BCUT2D eigenvalue weighted by atomic mass is 35.5. The number of nitro groups is 1. The highest BCUT2D eigenvalue weighted by molar-refractivity contribution is 7.92. The summed E-state index contributed by atoms with van der Waals surface area (Å²) in [6.07, 6.45) is 1.69. The van der Waals surface area contributed by atoms with E-state index in [2.05, 4.69) is 5.32 Å². The number of nitrogens with one attached hydrogen (secondary N) is 1. The van der Waals surface area contributed by atoms with Gasteiger partial charge in [-0.25, -0.2) is 8.42 Å². The van der Waals surface area contributed by atoms with Gasteiger partial charge in [-0.3, -0.25) is 24.0 Å². The first kappa shape index (κ1) is 33.8. The molecule has 0 fully saturated rings. The summed E-state index contributed by atoms with van der Waals surface area (Å²) in [7, 11) is -4.11. The number of hydrogen-bond acceptors (Lipinski definition) is 6. The monoisotopic (exact) mass is 648 g/mol. The number of halogens is 2. The number of benzene rings is 3. The minimum Gasteiger partial charge on any atom is -0.352 e. The van der Waals surface area contributed by atoms with Gasteiger partial charge in [0.05, 0.1) is 16.9 Å². The van der Waals surface area contributed by atoms with E-state index in [0.29, 0.717) is 22.6 Å². The van der Waals surface area contributed by atoms with Crippen molar-refractivity contribution in [1.82, 2.24) is 10.2 Å². The summed E-state index contributed by atoms with van der Waals surface area (Å²) in [5.74, 6) is -1.13. The van der Waals surface area contributed by atoms with E-state index in [9.17, 15) is 28.1 Å². The van der Waals surface area contributed by atoms with Gasteiger partial charge in [-0.15, -0.1) is 0 Å². The maximum atomic E-state index is 14.2. The number of sulfonamides is 1. The van der Waals surface area contributed by atoms with Crippen LogP contribution in [0.2, 0.25) is 10.0 Å². The van der Waals surface area contributed by atoms with Gasteiger partial charge in [0.25, 0.3) is 5.69 Å². The lowest BCUT2D eigenvalue weighted by atomic mass is 10.0. The van der Waals surface area contributed by atoms with Gasteiger partial charge < -0.3 is 10.2 Å². The summed E-state index contributed by atoms with van der Waals surface area (Å²) >= 11 is 12.6. The van der Waals surface area contributed by atoms with Crippen LogP contribution in [-0.2, 0) is 32.6 Å². The lowest BCUT2D eigenvalue weighted by Crippen LogP contribution is -2.54. The lowest BCUT2D eigenvalue weighted by Gasteiger charge is -2.34. The summed E-state index contributed by atoms with van der Waals surface area (Å²) in [6.45, 7) is 4.50. The highest BCUT2D eigenvalue weighted by Crippen LogP contribution is 2.29.